The van der Waals surface area contributed by atoms with Gasteiger partial charge in [-0.15, -0.1) is 5.10 Å². The number of benzene rings is 2. The van der Waals surface area contributed by atoms with Crippen molar-refractivity contribution in [3.8, 4) is 17.1 Å². The summed E-state index contributed by atoms with van der Waals surface area (Å²) in [5.74, 6) is 1.14. The van der Waals surface area contributed by atoms with E-state index in [0.29, 0.717) is 28.8 Å². The van der Waals surface area contributed by atoms with Gasteiger partial charge in [-0.3, -0.25) is 9.59 Å². The van der Waals surface area contributed by atoms with Crippen molar-refractivity contribution >= 4 is 29.0 Å². The number of nitrogens with zero attached hydrogens (tertiary/aromatic N) is 4. The average Bonchev–Trinajstić information content (AvgIpc) is 3.19. The summed E-state index contributed by atoms with van der Waals surface area (Å²) in [6.07, 6.45) is 0. The van der Waals surface area contributed by atoms with E-state index in [9.17, 15) is 9.59 Å². The van der Waals surface area contributed by atoms with E-state index in [1.165, 1.54) is 10.6 Å². The van der Waals surface area contributed by atoms with Crippen molar-refractivity contribution in [3.05, 3.63) is 75.7 Å². The molecule has 0 aliphatic rings. The Balaban J connectivity index is 1.62. The molecule has 0 aliphatic heterocycles. The number of anilines is 1. The highest BCUT2D eigenvalue weighted by atomic mass is 35.5. The van der Waals surface area contributed by atoms with Gasteiger partial charge < -0.3 is 14.6 Å². The van der Waals surface area contributed by atoms with Crippen LogP contribution < -0.4 is 15.6 Å². The number of ether oxygens (including phenoxy) is 1. The van der Waals surface area contributed by atoms with Gasteiger partial charge in [0.25, 0.3) is 5.56 Å². The second kappa shape index (κ2) is 8.61. The van der Waals surface area contributed by atoms with Gasteiger partial charge in [-0.25, -0.2) is 0 Å². The molecule has 0 spiro atoms. The lowest BCUT2D eigenvalue weighted by Crippen LogP contribution is -2.25. The molecule has 9 heteroatoms. The van der Waals surface area contributed by atoms with Crippen molar-refractivity contribution < 1.29 is 9.53 Å². The van der Waals surface area contributed by atoms with Crippen LogP contribution in [-0.2, 0) is 11.3 Å². The quantitative estimate of drug-likeness (QED) is 0.498. The van der Waals surface area contributed by atoms with Crippen LogP contribution in [0.5, 0.6) is 5.75 Å². The van der Waals surface area contributed by atoms with Crippen molar-refractivity contribution in [2.75, 3.05) is 11.9 Å². The largest absolute Gasteiger partial charge is 0.494 e. The minimum absolute atomic E-state index is 0.0262. The molecule has 2 aromatic carbocycles. The Morgan fingerprint density at radius 1 is 1.13 bits per heavy atom. The Morgan fingerprint density at radius 3 is 2.52 bits per heavy atom. The maximum Gasteiger partial charge on any atom is 0.275 e. The number of hydrogen-bond donors (Lipinski definition) is 1. The van der Waals surface area contributed by atoms with Crippen LogP contribution in [0.15, 0.2) is 59.4 Å². The Kier molecular flexibility index (Phi) is 5.73. The molecule has 0 radical (unpaired) electrons. The molecular formula is C22H20ClN5O3. The summed E-state index contributed by atoms with van der Waals surface area (Å²) in [6, 6.07) is 15.6. The smallest absolute Gasteiger partial charge is 0.275 e. The van der Waals surface area contributed by atoms with E-state index in [-0.39, 0.29) is 23.8 Å². The topological polar surface area (TPSA) is 90.5 Å². The van der Waals surface area contributed by atoms with E-state index in [1.807, 2.05) is 6.92 Å². The van der Waals surface area contributed by atoms with Crippen LogP contribution in [0, 0.1) is 6.92 Å². The number of aromatic nitrogens is 4. The first-order valence-corrected chi connectivity index (χ1v) is 10.1. The van der Waals surface area contributed by atoms with Gasteiger partial charge in [-0.05, 0) is 62.4 Å². The van der Waals surface area contributed by atoms with E-state index in [2.05, 4.69) is 15.4 Å². The van der Waals surface area contributed by atoms with E-state index in [4.69, 9.17) is 16.3 Å². The molecule has 1 N–H and O–H groups in total. The molecule has 4 rings (SSSR count). The molecule has 31 heavy (non-hydrogen) atoms. The fourth-order valence-electron chi connectivity index (χ4n) is 3.16. The van der Waals surface area contributed by atoms with E-state index in [1.54, 1.807) is 60.0 Å². The van der Waals surface area contributed by atoms with Crippen LogP contribution >= 0.6 is 11.6 Å². The van der Waals surface area contributed by atoms with Crippen molar-refractivity contribution in [2.24, 2.45) is 0 Å². The number of carbonyl (C=O) groups is 1. The van der Waals surface area contributed by atoms with E-state index < -0.39 is 0 Å². The number of carbonyl (C=O) groups excluding carboxylic acids is 1. The fourth-order valence-corrected chi connectivity index (χ4v) is 3.29. The summed E-state index contributed by atoms with van der Waals surface area (Å²) in [5.41, 5.74) is 1.65. The summed E-state index contributed by atoms with van der Waals surface area (Å²) in [4.78, 5) is 29.6. The van der Waals surface area contributed by atoms with Crippen LogP contribution in [-0.4, -0.2) is 31.7 Å². The summed E-state index contributed by atoms with van der Waals surface area (Å²) in [7, 11) is 0. The molecule has 0 fully saturated rings. The third kappa shape index (κ3) is 4.44. The molecule has 0 aliphatic carbocycles. The predicted octanol–water partition coefficient (Wildman–Crippen LogP) is 3.56. The van der Waals surface area contributed by atoms with Gasteiger partial charge in [0.1, 0.15) is 12.3 Å². The van der Waals surface area contributed by atoms with Crippen molar-refractivity contribution in [3.63, 3.8) is 0 Å². The van der Waals surface area contributed by atoms with Gasteiger partial charge in [-0.1, -0.05) is 11.6 Å². The number of hydrogen-bond acceptors (Lipinski definition) is 5. The Hall–Kier alpha value is -3.65. The lowest BCUT2D eigenvalue weighted by Gasteiger charge is -2.12. The van der Waals surface area contributed by atoms with Crippen LogP contribution in [0.3, 0.4) is 0 Å². The first-order valence-electron chi connectivity index (χ1n) is 9.70. The Labute approximate surface area is 183 Å². The third-order valence-electron chi connectivity index (χ3n) is 4.65. The van der Waals surface area contributed by atoms with Crippen molar-refractivity contribution in [1.82, 2.24) is 19.2 Å². The minimum Gasteiger partial charge on any atom is -0.494 e. The SMILES string of the molecule is CCOc1ccc(NC(=O)Cn2c(C)cc(=O)n3nc(-c4ccc(Cl)cc4)nc23)cc1. The normalized spacial score (nSPS) is 10.9. The van der Waals surface area contributed by atoms with Gasteiger partial charge in [0, 0.05) is 28.0 Å². The second-order valence-electron chi connectivity index (χ2n) is 6.87. The highest BCUT2D eigenvalue weighted by molar-refractivity contribution is 6.30. The van der Waals surface area contributed by atoms with Crippen LogP contribution in [0.4, 0.5) is 5.69 Å². The zero-order valence-corrected chi connectivity index (χ0v) is 17.8. The summed E-state index contributed by atoms with van der Waals surface area (Å²) in [6.45, 7) is 4.21. The molecule has 0 atom stereocenters. The van der Waals surface area contributed by atoms with E-state index in [0.717, 1.165) is 11.3 Å². The molecule has 4 aromatic rings. The molecule has 0 unspecified atom stereocenters. The van der Waals surface area contributed by atoms with Gasteiger partial charge >= 0.3 is 0 Å². The standard InChI is InChI=1S/C22H20ClN5O3/c1-3-31-18-10-8-17(9-11-18)24-19(29)13-27-14(2)12-20(30)28-22(27)25-21(26-28)15-4-6-16(23)7-5-15/h4-12H,3,13H2,1-2H3,(H,24,29). The zero-order chi connectivity index (χ0) is 22.0. The monoisotopic (exact) mass is 437 g/mol. The molecule has 158 valence electrons. The Morgan fingerprint density at radius 2 is 1.84 bits per heavy atom. The number of halogens is 1. The number of aryl methyl sites for hydroxylation is 1. The first kappa shape index (κ1) is 20.6. The Bertz CT molecular complexity index is 1290. The molecule has 0 saturated heterocycles. The number of fused-ring (bicyclic) bond motifs is 1. The van der Waals surface area contributed by atoms with Crippen molar-refractivity contribution in [1.29, 1.82) is 0 Å². The van der Waals surface area contributed by atoms with Gasteiger partial charge in [-0.2, -0.15) is 9.50 Å². The molecule has 2 heterocycles. The predicted molar refractivity (Wildman–Crippen MR) is 119 cm³/mol. The average molecular weight is 438 g/mol. The van der Waals surface area contributed by atoms with Gasteiger partial charge in [0.15, 0.2) is 5.82 Å². The molecule has 8 nitrogen and oxygen atoms in total. The van der Waals surface area contributed by atoms with Gasteiger partial charge in [0.2, 0.25) is 11.7 Å². The molecule has 0 bridgehead atoms. The van der Waals surface area contributed by atoms with Crippen LogP contribution in [0.2, 0.25) is 5.02 Å². The fraction of sp³-hybridized carbons (Fsp3) is 0.182. The van der Waals surface area contributed by atoms with Crippen LogP contribution in [0.1, 0.15) is 12.6 Å². The highest BCUT2D eigenvalue weighted by Gasteiger charge is 2.16. The maximum absolute atomic E-state index is 12.7. The lowest BCUT2D eigenvalue weighted by molar-refractivity contribution is -0.116. The summed E-state index contributed by atoms with van der Waals surface area (Å²) in [5, 5.41) is 7.75. The molecule has 0 saturated carbocycles. The summed E-state index contributed by atoms with van der Waals surface area (Å²) < 4.78 is 8.26. The zero-order valence-electron chi connectivity index (χ0n) is 17.0. The second-order valence-corrected chi connectivity index (χ2v) is 7.31. The number of nitrogens with one attached hydrogen (secondary N) is 1. The molecule has 1 amide bonds. The minimum atomic E-state index is -0.316. The van der Waals surface area contributed by atoms with Gasteiger partial charge in [0.05, 0.1) is 6.61 Å². The highest BCUT2D eigenvalue weighted by Crippen LogP contribution is 2.19. The summed E-state index contributed by atoms with van der Waals surface area (Å²) >= 11 is 5.95. The number of amides is 1. The molecular weight excluding hydrogens is 418 g/mol. The van der Waals surface area contributed by atoms with Crippen molar-refractivity contribution in [2.45, 2.75) is 20.4 Å². The lowest BCUT2D eigenvalue weighted by atomic mass is 10.2. The third-order valence-corrected chi connectivity index (χ3v) is 4.90. The maximum atomic E-state index is 12.7. The van der Waals surface area contributed by atoms with E-state index >= 15 is 0 Å². The van der Waals surface area contributed by atoms with Crippen LogP contribution in [0.25, 0.3) is 17.2 Å². The first-order chi connectivity index (χ1) is 14.9. The molecule has 2 aromatic heterocycles. The number of rotatable bonds is 6.